The number of rotatable bonds is 6. The molecule has 6 nitrogen and oxygen atoms in total. The van der Waals surface area contributed by atoms with Crippen LogP contribution in [0.25, 0.3) is 0 Å². The molecular weight excluding hydrogens is 366 g/mol. The maximum Gasteiger partial charge on any atom is 0.254 e. The van der Waals surface area contributed by atoms with E-state index in [1.165, 1.54) is 0 Å². The lowest BCUT2D eigenvalue weighted by Crippen LogP contribution is -2.48. The molecule has 1 aliphatic rings. The number of ether oxygens (including phenoxy) is 1. The lowest BCUT2D eigenvalue weighted by atomic mass is 10.1. The van der Waals surface area contributed by atoms with Gasteiger partial charge in [0.15, 0.2) is 0 Å². The van der Waals surface area contributed by atoms with Crippen molar-refractivity contribution in [2.24, 2.45) is 0 Å². The Morgan fingerprint density at radius 2 is 1.66 bits per heavy atom. The zero-order chi connectivity index (χ0) is 20.8. The summed E-state index contributed by atoms with van der Waals surface area (Å²) in [5.74, 6) is 0.00556. The largest absolute Gasteiger partial charge is 0.376 e. The highest BCUT2D eigenvalue weighted by molar-refractivity contribution is 5.96. The van der Waals surface area contributed by atoms with E-state index in [0.29, 0.717) is 25.2 Å². The monoisotopic (exact) mass is 395 g/mol. The van der Waals surface area contributed by atoms with Crippen LogP contribution in [-0.2, 0) is 9.53 Å². The van der Waals surface area contributed by atoms with Gasteiger partial charge in [0, 0.05) is 36.6 Å². The van der Waals surface area contributed by atoms with Gasteiger partial charge in [0.1, 0.15) is 0 Å². The number of likely N-dealkylation sites (N-methyl/N-ethyl adjacent to an activating group) is 1. The Balaban J connectivity index is 1.57. The molecule has 29 heavy (non-hydrogen) atoms. The number of amides is 2. The Morgan fingerprint density at radius 3 is 2.24 bits per heavy atom. The van der Waals surface area contributed by atoms with Crippen molar-refractivity contribution in [2.45, 2.75) is 33.0 Å². The molecule has 1 fully saturated rings. The van der Waals surface area contributed by atoms with Crippen molar-refractivity contribution >= 4 is 23.2 Å². The zero-order valence-corrected chi connectivity index (χ0v) is 17.3. The van der Waals surface area contributed by atoms with Crippen molar-refractivity contribution in [1.29, 1.82) is 0 Å². The lowest BCUT2D eigenvalue weighted by Gasteiger charge is -2.35. The lowest BCUT2D eigenvalue weighted by molar-refractivity contribution is -0.116. The van der Waals surface area contributed by atoms with Crippen LogP contribution < -0.4 is 10.2 Å². The highest BCUT2D eigenvalue weighted by atomic mass is 16.5. The molecular formula is C23H29N3O3. The standard InChI is InChI=1S/C23H29N3O3/c1-4-26(21-8-6-5-7-9-21)22(27)14-24-20-12-10-19(11-13-20)23(28)25-15-17(2)29-18(3)16-25/h5-13,17-18,24H,4,14-16H2,1-3H3. The number of nitrogens with one attached hydrogen (secondary N) is 1. The van der Waals surface area contributed by atoms with Gasteiger partial charge < -0.3 is 19.9 Å². The molecule has 2 unspecified atom stereocenters. The zero-order valence-electron chi connectivity index (χ0n) is 17.3. The van der Waals surface area contributed by atoms with Gasteiger partial charge in [-0.2, -0.15) is 0 Å². The normalized spacial score (nSPS) is 18.9. The predicted octanol–water partition coefficient (Wildman–Crippen LogP) is 3.40. The summed E-state index contributed by atoms with van der Waals surface area (Å²) in [4.78, 5) is 28.9. The molecule has 2 aromatic carbocycles. The highest BCUT2D eigenvalue weighted by Gasteiger charge is 2.26. The molecule has 2 aromatic rings. The van der Waals surface area contributed by atoms with Gasteiger partial charge in [-0.25, -0.2) is 0 Å². The minimum absolute atomic E-state index is 0.00450. The van der Waals surface area contributed by atoms with Gasteiger partial charge in [0.25, 0.3) is 5.91 Å². The van der Waals surface area contributed by atoms with Crippen molar-refractivity contribution in [3.63, 3.8) is 0 Å². The van der Waals surface area contributed by atoms with Gasteiger partial charge in [0.2, 0.25) is 5.91 Å². The fraction of sp³-hybridized carbons (Fsp3) is 0.391. The molecule has 0 bridgehead atoms. The minimum atomic E-state index is -0.00450. The van der Waals surface area contributed by atoms with Gasteiger partial charge in [0.05, 0.1) is 18.8 Å². The Morgan fingerprint density at radius 1 is 1.03 bits per heavy atom. The van der Waals surface area contributed by atoms with E-state index in [9.17, 15) is 9.59 Å². The van der Waals surface area contributed by atoms with Crippen LogP contribution in [0.4, 0.5) is 11.4 Å². The maximum atomic E-state index is 12.7. The summed E-state index contributed by atoms with van der Waals surface area (Å²) in [5, 5.41) is 3.15. The number of benzene rings is 2. The average molecular weight is 396 g/mol. The number of carbonyl (C=O) groups excluding carboxylic acids is 2. The third-order valence-corrected chi connectivity index (χ3v) is 4.97. The molecule has 0 aromatic heterocycles. The summed E-state index contributed by atoms with van der Waals surface area (Å²) < 4.78 is 5.70. The first-order valence-electron chi connectivity index (χ1n) is 10.1. The van der Waals surface area contributed by atoms with Crippen LogP contribution in [0.5, 0.6) is 0 Å². The molecule has 154 valence electrons. The number of nitrogens with zero attached hydrogens (tertiary/aromatic N) is 2. The molecule has 6 heteroatoms. The van der Waals surface area contributed by atoms with E-state index in [4.69, 9.17) is 4.74 Å². The SMILES string of the molecule is CCN(C(=O)CNc1ccc(C(=O)N2CC(C)OC(C)C2)cc1)c1ccccc1. The van der Waals surface area contributed by atoms with E-state index in [-0.39, 0.29) is 30.6 Å². The van der Waals surface area contributed by atoms with Crippen LogP contribution in [0.15, 0.2) is 54.6 Å². The second kappa shape index (κ2) is 9.56. The van der Waals surface area contributed by atoms with E-state index in [2.05, 4.69) is 5.32 Å². The first kappa shape index (κ1) is 20.9. The number of hydrogen-bond donors (Lipinski definition) is 1. The van der Waals surface area contributed by atoms with Crippen LogP contribution in [0.1, 0.15) is 31.1 Å². The predicted molar refractivity (Wildman–Crippen MR) is 115 cm³/mol. The van der Waals surface area contributed by atoms with E-state index in [1.807, 2.05) is 68.1 Å². The van der Waals surface area contributed by atoms with Gasteiger partial charge in [-0.15, -0.1) is 0 Å². The fourth-order valence-electron chi connectivity index (χ4n) is 3.64. The molecule has 0 aliphatic carbocycles. The summed E-state index contributed by atoms with van der Waals surface area (Å²) in [6, 6.07) is 16.9. The van der Waals surface area contributed by atoms with Crippen molar-refractivity contribution in [2.75, 3.05) is 36.4 Å². The Kier molecular flexibility index (Phi) is 6.88. The fourth-order valence-corrected chi connectivity index (χ4v) is 3.64. The van der Waals surface area contributed by atoms with Crippen LogP contribution in [0.2, 0.25) is 0 Å². The minimum Gasteiger partial charge on any atom is -0.376 e. The van der Waals surface area contributed by atoms with Gasteiger partial charge >= 0.3 is 0 Å². The van der Waals surface area contributed by atoms with Crippen molar-refractivity contribution < 1.29 is 14.3 Å². The third-order valence-electron chi connectivity index (χ3n) is 4.97. The first-order valence-corrected chi connectivity index (χ1v) is 10.1. The number of carbonyl (C=O) groups is 2. The van der Waals surface area contributed by atoms with E-state index >= 15 is 0 Å². The Hall–Kier alpha value is -2.86. The molecule has 0 saturated carbocycles. The molecule has 1 heterocycles. The smallest absolute Gasteiger partial charge is 0.254 e. The molecule has 2 atom stereocenters. The second-order valence-corrected chi connectivity index (χ2v) is 7.37. The summed E-state index contributed by atoms with van der Waals surface area (Å²) in [7, 11) is 0. The molecule has 3 rings (SSSR count). The van der Waals surface area contributed by atoms with Crippen molar-refractivity contribution in [3.05, 3.63) is 60.2 Å². The van der Waals surface area contributed by atoms with E-state index in [0.717, 1.165) is 11.4 Å². The van der Waals surface area contributed by atoms with Gasteiger partial charge in [-0.1, -0.05) is 18.2 Å². The van der Waals surface area contributed by atoms with Gasteiger partial charge in [-0.3, -0.25) is 9.59 Å². The quantitative estimate of drug-likeness (QED) is 0.814. The first-order chi connectivity index (χ1) is 14.0. The molecule has 1 saturated heterocycles. The topological polar surface area (TPSA) is 61.9 Å². The summed E-state index contributed by atoms with van der Waals surface area (Å²) in [6.45, 7) is 7.92. The van der Waals surface area contributed by atoms with Crippen molar-refractivity contribution in [3.8, 4) is 0 Å². The van der Waals surface area contributed by atoms with Crippen molar-refractivity contribution in [1.82, 2.24) is 4.90 Å². The van der Waals surface area contributed by atoms with Crippen LogP contribution >= 0.6 is 0 Å². The molecule has 1 N–H and O–H groups in total. The molecule has 1 aliphatic heterocycles. The summed E-state index contributed by atoms with van der Waals surface area (Å²) in [6.07, 6.45) is 0.0848. The highest BCUT2D eigenvalue weighted by Crippen LogP contribution is 2.17. The van der Waals surface area contributed by atoms with E-state index in [1.54, 1.807) is 17.0 Å². The molecule has 2 amide bonds. The summed E-state index contributed by atoms with van der Waals surface area (Å²) in [5.41, 5.74) is 2.34. The number of para-hydroxylation sites is 1. The average Bonchev–Trinajstić information content (AvgIpc) is 2.73. The van der Waals surface area contributed by atoms with Crippen LogP contribution in [0, 0.1) is 0 Å². The summed E-state index contributed by atoms with van der Waals surface area (Å²) >= 11 is 0. The van der Waals surface area contributed by atoms with Crippen LogP contribution in [-0.4, -0.2) is 55.1 Å². The third kappa shape index (κ3) is 5.35. The maximum absolute atomic E-state index is 12.7. The van der Waals surface area contributed by atoms with Gasteiger partial charge in [-0.05, 0) is 57.2 Å². The Bertz CT molecular complexity index is 813. The molecule has 0 radical (unpaired) electrons. The number of morpholine rings is 1. The van der Waals surface area contributed by atoms with E-state index < -0.39 is 0 Å². The second-order valence-electron chi connectivity index (χ2n) is 7.37. The number of hydrogen-bond acceptors (Lipinski definition) is 4. The Labute approximate surface area is 172 Å². The molecule has 0 spiro atoms. The van der Waals surface area contributed by atoms with Crippen LogP contribution in [0.3, 0.4) is 0 Å². The number of anilines is 2.